The van der Waals surface area contributed by atoms with Gasteiger partial charge in [-0.3, -0.25) is 0 Å². The maximum Gasteiger partial charge on any atom is 0.573 e. The lowest BCUT2D eigenvalue weighted by Crippen LogP contribution is -2.17. The summed E-state index contributed by atoms with van der Waals surface area (Å²) in [5.74, 6) is -0.404. The van der Waals surface area contributed by atoms with Crippen LogP contribution in [0, 0.1) is 0 Å². The third kappa shape index (κ3) is 4.07. The molecule has 0 aliphatic carbocycles. The van der Waals surface area contributed by atoms with Crippen molar-refractivity contribution in [3.05, 3.63) is 24.3 Å². The summed E-state index contributed by atoms with van der Waals surface area (Å²) in [5, 5.41) is 0. The minimum Gasteiger partial charge on any atom is -0.464 e. The Kier molecular flexibility index (Phi) is 3.79. The number of rotatable bonds is 4. The molecule has 3 nitrogen and oxygen atoms in total. The smallest absolute Gasteiger partial charge is 0.464 e. The SMILES string of the molecule is COCOc1ccccc1OC(F)(F)F. The normalized spacial score (nSPS) is 11.2. The van der Waals surface area contributed by atoms with Gasteiger partial charge >= 0.3 is 6.36 Å². The van der Waals surface area contributed by atoms with Crippen LogP contribution in [-0.4, -0.2) is 20.3 Å². The highest BCUT2D eigenvalue weighted by atomic mass is 19.4. The molecule has 1 aromatic rings. The van der Waals surface area contributed by atoms with Gasteiger partial charge in [-0.2, -0.15) is 0 Å². The molecule has 6 heteroatoms. The molecular formula is C9H9F3O3. The molecule has 0 saturated heterocycles. The molecule has 84 valence electrons. The number of hydrogen-bond donors (Lipinski definition) is 0. The second-order valence-electron chi connectivity index (χ2n) is 2.55. The van der Waals surface area contributed by atoms with Gasteiger partial charge in [-0.15, -0.1) is 13.2 Å². The van der Waals surface area contributed by atoms with Crippen LogP contribution < -0.4 is 9.47 Å². The van der Waals surface area contributed by atoms with E-state index in [1.807, 2.05) is 0 Å². The minimum absolute atomic E-state index is 0.0170. The number of halogens is 3. The van der Waals surface area contributed by atoms with Gasteiger partial charge in [-0.1, -0.05) is 12.1 Å². The van der Waals surface area contributed by atoms with Crippen molar-refractivity contribution in [2.75, 3.05) is 13.9 Å². The van der Waals surface area contributed by atoms with Crippen LogP contribution in [0.15, 0.2) is 24.3 Å². The molecule has 0 fully saturated rings. The Labute approximate surface area is 84.4 Å². The topological polar surface area (TPSA) is 27.7 Å². The molecular weight excluding hydrogens is 213 g/mol. The molecule has 1 rings (SSSR count). The first-order chi connectivity index (χ1) is 7.03. The van der Waals surface area contributed by atoms with Crippen LogP contribution in [0.25, 0.3) is 0 Å². The lowest BCUT2D eigenvalue weighted by Gasteiger charge is -2.13. The van der Waals surface area contributed by atoms with E-state index in [0.29, 0.717) is 0 Å². The number of methoxy groups -OCH3 is 1. The van der Waals surface area contributed by atoms with E-state index >= 15 is 0 Å². The van der Waals surface area contributed by atoms with Gasteiger partial charge in [0, 0.05) is 7.11 Å². The van der Waals surface area contributed by atoms with Gasteiger partial charge < -0.3 is 14.2 Å². The van der Waals surface area contributed by atoms with Gasteiger partial charge in [0.25, 0.3) is 0 Å². The Morgan fingerprint density at radius 3 is 2.27 bits per heavy atom. The lowest BCUT2D eigenvalue weighted by atomic mass is 10.3. The van der Waals surface area contributed by atoms with Crippen LogP contribution in [0.2, 0.25) is 0 Å². The van der Waals surface area contributed by atoms with Crippen molar-refractivity contribution in [1.82, 2.24) is 0 Å². The van der Waals surface area contributed by atoms with Gasteiger partial charge in [-0.05, 0) is 12.1 Å². The van der Waals surface area contributed by atoms with Crippen molar-refractivity contribution in [3.63, 3.8) is 0 Å². The number of alkyl halides is 3. The van der Waals surface area contributed by atoms with Crippen molar-refractivity contribution >= 4 is 0 Å². The molecule has 0 radical (unpaired) electrons. The van der Waals surface area contributed by atoms with Crippen LogP contribution in [0.5, 0.6) is 11.5 Å². The van der Waals surface area contributed by atoms with Crippen LogP contribution in [-0.2, 0) is 4.74 Å². The fraction of sp³-hybridized carbons (Fsp3) is 0.333. The van der Waals surface area contributed by atoms with Crippen LogP contribution in [0.4, 0.5) is 13.2 Å². The third-order valence-electron chi connectivity index (χ3n) is 1.41. The van der Waals surface area contributed by atoms with Crippen molar-refractivity contribution in [3.8, 4) is 11.5 Å². The van der Waals surface area contributed by atoms with Gasteiger partial charge in [0.2, 0.25) is 0 Å². The number of ether oxygens (including phenoxy) is 3. The summed E-state index contributed by atoms with van der Waals surface area (Å²) in [6.45, 7) is -0.141. The van der Waals surface area contributed by atoms with Crippen LogP contribution >= 0.6 is 0 Å². The molecule has 1 aromatic carbocycles. The van der Waals surface area contributed by atoms with Gasteiger partial charge in [0.1, 0.15) is 0 Å². The van der Waals surface area contributed by atoms with Crippen molar-refractivity contribution in [2.45, 2.75) is 6.36 Å². The highest BCUT2D eigenvalue weighted by molar-refractivity contribution is 5.39. The van der Waals surface area contributed by atoms with Gasteiger partial charge in [-0.25, -0.2) is 0 Å². The van der Waals surface area contributed by atoms with Crippen molar-refractivity contribution < 1.29 is 27.4 Å². The standard InChI is InChI=1S/C9H9F3O3/c1-13-6-14-7-4-2-3-5-8(7)15-9(10,11)12/h2-5H,6H2,1H3. The second kappa shape index (κ2) is 4.88. The highest BCUT2D eigenvalue weighted by Crippen LogP contribution is 2.31. The average Bonchev–Trinajstić information content (AvgIpc) is 2.14. The molecule has 0 unspecified atom stereocenters. The molecule has 0 spiro atoms. The summed E-state index contributed by atoms with van der Waals surface area (Å²) in [6.07, 6.45) is -4.73. The lowest BCUT2D eigenvalue weighted by molar-refractivity contribution is -0.275. The summed E-state index contributed by atoms with van der Waals surface area (Å²) >= 11 is 0. The maximum atomic E-state index is 11.9. The van der Waals surface area contributed by atoms with E-state index in [1.165, 1.54) is 31.4 Å². The predicted octanol–water partition coefficient (Wildman–Crippen LogP) is 2.57. The molecule has 0 bridgehead atoms. The monoisotopic (exact) mass is 222 g/mol. The van der Waals surface area contributed by atoms with Crippen LogP contribution in [0.3, 0.4) is 0 Å². The zero-order chi connectivity index (χ0) is 11.3. The van der Waals surface area contributed by atoms with E-state index in [0.717, 1.165) is 0 Å². The van der Waals surface area contributed by atoms with E-state index in [9.17, 15) is 13.2 Å². The first kappa shape index (κ1) is 11.6. The summed E-state index contributed by atoms with van der Waals surface area (Å²) in [5.41, 5.74) is 0. The molecule has 0 amide bonds. The van der Waals surface area contributed by atoms with E-state index in [4.69, 9.17) is 4.74 Å². The summed E-state index contributed by atoms with van der Waals surface area (Å²) in [7, 11) is 1.37. The molecule has 0 aliphatic heterocycles. The van der Waals surface area contributed by atoms with E-state index < -0.39 is 6.36 Å². The van der Waals surface area contributed by atoms with E-state index in [2.05, 4.69) is 9.47 Å². The molecule has 0 heterocycles. The second-order valence-corrected chi connectivity index (χ2v) is 2.55. The fourth-order valence-electron chi connectivity index (χ4n) is 0.901. The third-order valence-corrected chi connectivity index (χ3v) is 1.41. The number of hydrogen-bond acceptors (Lipinski definition) is 3. The van der Waals surface area contributed by atoms with E-state index in [1.54, 1.807) is 0 Å². The Balaban J connectivity index is 2.77. The van der Waals surface area contributed by atoms with E-state index in [-0.39, 0.29) is 18.3 Å². The zero-order valence-electron chi connectivity index (χ0n) is 7.88. The summed E-state index contributed by atoms with van der Waals surface area (Å²) in [6, 6.07) is 5.48. The Morgan fingerprint density at radius 2 is 1.73 bits per heavy atom. The number of benzene rings is 1. The molecule has 0 saturated carbocycles. The minimum atomic E-state index is -4.73. The Hall–Kier alpha value is -1.43. The largest absolute Gasteiger partial charge is 0.573 e. The summed E-state index contributed by atoms with van der Waals surface area (Å²) < 4.78 is 49.0. The maximum absolute atomic E-state index is 11.9. The fourth-order valence-corrected chi connectivity index (χ4v) is 0.901. The summed E-state index contributed by atoms with van der Waals surface area (Å²) in [4.78, 5) is 0. The first-order valence-corrected chi connectivity index (χ1v) is 3.99. The zero-order valence-corrected chi connectivity index (χ0v) is 7.88. The molecule has 0 aromatic heterocycles. The molecule has 0 atom stereocenters. The Morgan fingerprint density at radius 1 is 1.13 bits per heavy atom. The van der Waals surface area contributed by atoms with Gasteiger partial charge in [0.05, 0.1) is 0 Å². The van der Waals surface area contributed by atoms with Crippen molar-refractivity contribution in [1.29, 1.82) is 0 Å². The molecule has 0 N–H and O–H groups in total. The first-order valence-electron chi connectivity index (χ1n) is 3.99. The Bertz CT molecular complexity index is 312. The molecule has 15 heavy (non-hydrogen) atoms. The average molecular weight is 222 g/mol. The highest BCUT2D eigenvalue weighted by Gasteiger charge is 2.32. The predicted molar refractivity (Wildman–Crippen MR) is 45.6 cm³/mol. The molecule has 0 aliphatic rings. The van der Waals surface area contributed by atoms with Gasteiger partial charge in [0.15, 0.2) is 18.3 Å². The van der Waals surface area contributed by atoms with Crippen LogP contribution in [0.1, 0.15) is 0 Å². The number of para-hydroxylation sites is 2. The van der Waals surface area contributed by atoms with Crippen molar-refractivity contribution in [2.24, 2.45) is 0 Å². The quantitative estimate of drug-likeness (QED) is 0.733.